The van der Waals surface area contributed by atoms with E-state index in [1.54, 1.807) is 12.3 Å². The average molecular weight is 297 g/mol. The molecule has 1 aliphatic heterocycles. The maximum absolute atomic E-state index is 12.2. The fourth-order valence-electron chi connectivity index (χ4n) is 2.36. The molecule has 1 atom stereocenters. The Bertz CT molecular complexity index is 559. The molecule has 110 valence electrons. The molecule has 7 heteroatoms. The van der Waals surface area contributed by atoms with Gasteiger partial charge in [-0.2, -0.15) is 4.31 Å². The molecule has 20 heavy (non-hydrogen) atoms. The highest BCUT2D eigenvalue weighted by molar-refractivity contribution is 7.88. The number of pyridine rings is 1. The van der Waals surface area contributed by atoms with E-state index in [2.05, 4.69) is 10.3 Å². The molecule has 2 rings (SSSR count). The zero-order chi connectivity index (χ0) is 14.6. The highest BCUT2D eigenvalue weighted by atomic mass is 32.2. The lowest BCUT2D eigenvalue weighted by molar-refractivity contribution is -0.125. The minimum absolute atomic E-state index is 0.249. The zero-order valence-electron chi connectivity index (χ0n) is 11.4. The first kappa shape index (κ1) is 14.9. The lowest BCUT2D eigenvalue weighted by atomic mass is 10.0. The third-order valence-corrected chi connectivity index (χ3v) is 4.64. The molecule has 1 aromatic rings. The summed E-state index contributed by atoms with van der Waals surface area (Å²) in [5.41, 5.74) is 0.752. The van der Waals surface area contributed by atoms with Crippen molar-refractivity contribution in [3.63, 3.8) is 0 Å². The number of carbonyl (C=O) groups is 1. The van der Waals surface area contributed by atoms with Crippen molar-refractivity contribution in [1.82, 2.24) is 14.6 Å². The van der Waals surface area contributed by atoms with E-state index in [1.807, 2.05) is 12.1 Å². The van der Waals surface area contributed by atoms with E-state index in [4.69, 9.17) is 0 Å². The zero-order valence-corrected chi connectivity index (χ0v) is 12.3. The lowest BCUT2D eigenvalue weighted by Crippen LogP contribution is -2.51. The minimum Gasteiger partial charge on any atom is -0.349 e. The number of hydrogen-bond acceptors (Lipinski definition) is 4. The number of rotatable bonds is 4. The molecule has 0 bridgehead atoms. The Balaban J connectivity index is 2.00. The molecule has 0 saturated carbocycles. The van der Waals surface area contributed by atoms with Crippen molar-refractivity contribution in [3.05, 3.63) is 30.1 Å². The van der Waals surface area contributed by atoms with Crippen LogP contribution in [0.15, 0.2) is 24.4 Å². The molecule has 1 saturated heterocycles. The van der Waals surface area contributed by atoms with Crippen LogP contribution >= 0.6 is 0 Å². The van der Waals surface area contributed by atoms with Gasteiger partial charge in [0, 0.05) is 12.7 Å². The fraction of sp³-hybridized carbons (Fsp3) is 0.538. The van der Waals surface area contributed by atoms with E-state index in [-0.39, 0.29) is 5.91 Å². The van der Waals surface area contributed by atoms with Crippen LogP contribution in [0.3, 0.4) is 0 Å². The van der Waals surface area contributed by atoms with Crippen molar-refractivity contribution < 1.29 is 13.2 Å². The molecule has 0 unspecified atom stereocenters. The van der Waals surface area contributed by atoms with E-state index >= 15 is 0 Å². The second kappa shape index (κ2) is 6.32. The molecule has 1 amide bonds. The number of hydrogen-bond donors (Lipinski definition) is 1. The van der Waals surface area contributed by atoms with Crippen molar-refractivity contribution in [1.29, 1.82) is 0 Å². The standard InChI is InChI=1S/C13H19N3O3S/c1-20(18,19)16-9-5-3-7-12(16)13(17)15-10-11-6-2-4-8-14-11/h2,4,6,8,12H,3,5,7,9-10H2,1H3,(H,15,17)/t12-/m0/s1. The third-order valence-electron chi connectivity index (χ3n) is 3.35. The van der Waals surface area contributed by atoms with Crippen LogP contribution in [0.25, 0.3) is 0 Å². The van der Waals surface area contributed by atoms with Crippen LogP contribution in [-0.2, 0) is 21.4 Å². The topological polar surface area (TPSA) is 79.4 Å². The summed E-state index contributed by atoms with van der Waals surface area (Å²) in [7, 11) is -3.35. The van der Waals surface area contributed by atoms with Crippen LogP contribution in [0, 0.1) is 0 Å². The van der Waals surface area contributed by atoms with Gasteiger partial charge in [0.1, 0.15) is 6.04 Å². The molecule has 0 aliphatic carbocycles. The van der Waals surface area contributed by atoms with Crippen molar-refractivity contribution in [2.24, 2.45) is 0 Å². The van der Waals surface area contributed by atoms with Gasteiger partial charge in [-0.1, -0.05) is 12.5 Å². The number of amides is 1. The van der Waals surface area contributed by atoms with E-state index in [9.17, 15) is 13.2 Å². The molecule has 1 aromatic heterocycles. The average Bonchev–Trinajstić information content (AvgIpc) is 2.45. The summed E-state index contributed by atoms with van der Waals surface area (Å²) in [4.78, 5) is 16.3. The van der Waals surface area contributed by atoms with Gasteiger partial charge in [0.05, 0.1) is 18.5 Å². The van der Waals surface area contributed by atoms with Gasteiger partial charge in [-0.05, 0) is 25.0 Å². The van der Waals surface area contributed by atoms with Crippen molar-refractivity contribution in [2.75, 3.05) is 12.8 Å². The largest absolute Gasteiger partial charge is 0.349 e. The summed E-state index contributed by atoms with van der Waals surface area (Å²) in [6, 6.07) is 4.87. The Labute approximate surface area is 119 Å². The molecule has 0 aromatic carbocycles. The summed E-state index contributed by atoms with van der Waals surface area (Å²) in [5.74, 6) is -0.249. The molecule has 2 heterocycles. The Morgan fingerprint density at radius 3 is 2.90 bits per heavy atom. The second-order valence-electron chi connectivity index (χ2n) is 4.92. The normalized spacial score (nSPS) is 20.6. The molecule has 1 fully saturated rings. The number of sulfonamides is 1. The molecule has 1 N–H and O–H groups in total. The van der Waals surface area contributed by atoms with Crippen LogP contribution < -0.4 is 5.32 Å². The quantitative estimate of drug-likeness (QED) is 0.878. The van der Waals surface area contributed by atoms with Crippen LogP contribution in [0.1, 0.15) is 25.0 Å². The molecule has 1 aliphatic rings. The minimum atomic E-state index is -3.35. The second-order valence-corrected chi connectivity index (χ2v) is 6.86. The smallest absolute Gasteiger partial charge is 0.238 e. The van der Waals surface area contributed by atoms with Gasteiger partial charge < -0.3 is 5.32 Å². The van der Waals surface area contributed by atoms with Gasteiger partial charge in [-0.25, -0.2) is 8.42 Å². The highest BCUT2D eigenvalue weighted by Gasteiger charge is 2.34. The van der Waals surface area contributed by atoms with Crippen molar-refractivity contribution in [2.45, 2.75) is 31.8 Å². The van der Waals surface area contributed by atoms with E-state index in [0.29, 0.717) is 19.5 Å². The first-order valence-corrected chi connectivity index (χ1v) is 8.48. The Hall–Kier alpha value is -1.47. The number of piperidine rings is 1. The fourth-order valence-corrected chi connectivity index (χ4v) is 3.49. The lowest BCUT2D eigenvalue weighted by Gasteiger charge is -2.32. The van der Waals surface area contributed by atoms with Crippen LogP contribution in [-0.4, -0.2) is 42.5 Å². The predicted molar refractivity (Wildman–Crippen MR) is 75.3 cm³/mol. The molecule has 0 radical (unpaired) electrons. The van der Waals surface area contributed by atoms with Crippen molar-refractivity contribution in [3.8, 4) is 0 Å². The van der Waals surface area contributed by atoms with Crippen LogP contribution in [0.4, 0.5) is 0 Å². The first-order chi connectivity index (χ1) is 9.48. The Morgan fingerprint density at radius 1 is 1.45 bits per heavy atom. The number of nitrogens with zero attached hydrogens (tertiary/aromatic N) is 2. The highest BCUT2D eigenvalue weighted by Crippen LogP contribution is 2.20. The van der Waals surface area contributed by atoms with Crippen molar-refractivity contribution >= 4 is 15.9 Å². The Morgan fingerprint density at radius 2 is 2.25 bits per heavy atom. The SMILES string of the molecule is CS(=O)(=O)N1CCCC[C@H]1C(=O)NCc1ccccn1. The maximum Gasteiger partial charge on any atom is 0.238 e. The summed E-state index contributed by atoms with van der Waals surface area (Å²) >= 11 is 0. The van der Waals surface area contributed by atoms with E-state index in [0.717, 1.165) is 24.8 Å². The molecular weight excluding hydrogens is 278 g/mol. The predicted octanol–water partition coefficient (Wildman–Crippen LogP) is 0.512. The van der Waals surface area contributed by atoms with Gasteiger partial charge in [-0.15, -0.1) is 0 Å². The summed E-state index contributed by atoms with van der Waals surface area (Å²) in [6.45, 7) is 0.730. The van der Waals surface area contributed by atoms with Gasteiger partial charge in [0.25, 0.3) is 0 Å². The molecular formula is C13H19N3O3S. The van der Waals surface area contributed by atoms with Gasteiger partial charge in [0.15, 0.2) is 0 Å². The third kappa shape index (κ3) is 3.77. The summed E-state index contributed by atoms with van der Waals surface area (Å²) < 4.78 is 24.7. The van der Waals surface area contributed by atoms with E-state index < -0.39 is 16.1 Å². The van der Waals surface area contributed by atoms with Crippen LogP contribution in [0.5, 0.6) is 0 Å². The number of aromatic nitrogens is 1. The maximum atomic E-state index is 12.2. The monoisotopic (exact) mass is 297 g/mol. The first-order valence-electron chi connectivity index (χ1n) is 6.63. The van der Waals surface area contributed by atoms with Crippen LogP contribution in [0.2, 0.25) is 0 Å². The number of carbonyl (C=O) groups excluding carboxylic acids is 1. The molecule has 6 nitrogen and oxygen atoms in total. The Kier molecular flexibility index (Phi) is 4.72. The van der Waals surface area contributed by atoms with E-state index in [1.165, 1.54) is 4.31 Å². The summed E-state index contributed by atoms with van der Waals surface area (Å²) in [6.07, 6.45) is 5.05. The van der Waals surface area contributed by atoms with Gasteiger partial charge >= 0.3 is 0 Å². The summed E-state index contributed by atoms with van der Waals surface area (Å²) in [5, 5.41) is 2.76. The molecule has 0 spiro atoms. The number of nitrogens with one attached hydrogen (secondary N) is 1. The van der Waals surface area contributed by atoms with Gasteiger partial charge in [-0.3, -0.25) is 9.78 Å². The van der Waals surface area contributed by atoms with Gasteiger partial charge in [0.2, 0.25) is 15.9 Å².